The minimum absolute atomic E-state index is 0.287. The molecular formula is C13H17FO2. The van der Waals surface area contributed by atoms with E-state index >= 15 is 0 Å². The molecule has 2 nitrogen and oxygen atoms in total. The van der Waals surface area contributed by atoms with Gasteiger partial charge in [-0.25, -0.2) is 0 Å². The van der Waals surface area contributed by atoms with Crippen molar-refractivity contribution in [1.29, 1.82) is 0 Å². The Morgan fingerprint density at radius 2 is 2.00 bits per heavy atom. The van der Waals surface area contributed by atoms with Gasteiger partial charge < -0.3 is 5.11 Å². The molecule has 1 unspecified atom stereocenters. The van der Waals surface area contributed by atoms with Crippen LogP contribution in [-0.4, -0.2) is 17.8 Å². The van der Waals surface area contributed by atoms with Gasteiger partial charge in [0, 0.05) is 0 Å². The SMILES string of the molecule is CCC(CCCF)(C(=O)O)c1ccccc1. The summed E-state index contributed by atoms with van der Waals surface area (Å²) in [5, 5.41) is 9.38. The van der Waals surface area contributed by atoms with Gasteiger partial charge >= 0.3 is 5.97 Å². The van der Waals surface area contributed by atoms with Crippen LogP contribution in [0.2, 0.25) is 0 Å². The number of benzene rings is 1. The Morgan fingerprint density at radius 1 is 1.38 bits per heavy atom. The Labute approximate surface area is 95.1 Å². The van der Waals surface area contributed by atoms with Crippen LogP contribution in [0.15, 0.2) is 30.3 Å². The highest BCUT2D eigenvalue weighted by molar-refractivity contribution is 5.81. The summed E-state index contributed by atoms with van der Waals surface area (Å²) in [5.41, 5.74) is -0.175. The number of halogens is 1. The van der Waals surface area contributed by atoms with Crippen molar-refractivity contribution in [2.75, 3.05) is 6.67 Å². The third-order valence-electron chi connectivity index (χ3n) is 3.08. The van der Waals surface area contributed by atoms with Gasteiger partial charge in [-0.15, -0.1) is 0 Å². The first-order valence-electron chi connectivity index (χ1n) is 5.52. The molecule has 88 valence electrons. The molecule has 1 aromatic rings. The van der Waals surface area contributed by atoms with E-state index in [9.17, 15) is 14.3 Å². The fourth-order valence-corrected chi connectivity index (χ4v) is 2.03. The zero-order chi connectivity index (χ0) is 12.0. The Hall–Kier alpha value is -1.38. The molecule has 1 rings (SSSR count). The molecule has 0 amide bonds. The summed E-state index contributed by atoms with van der Waals surface area (Å²) in [6.45, 7) is 1.36. The smallest absolute Gasteiger partial charge is 0.314 e. The fraction of sp³-hybridized carbons (Fsp3) is 0.462. The topological polar surface area (TPSA) is 37.3 Å². The first-order valence-corrected chi connectivity index (χ1v) is 5.52. The highest BCUT2D eigenvalue weighted by atomic mass is 19.1. The van der Waals surface area contributed by atoms with Gasteiger partial charge in [0.15, 0.2) is 0 Å². The molecule has 0 radical (unpaired) electrons. The Balaban J connectivity index is 3.07. The minimum Gasteiger partial charge on any atom is -0.481 e. The standard InChI is InChI=1S/C13H17FO2/c1-2-13(12(15)16,9-6-10-14)11-7-4-3-5-8-11/h3-5,7-8H,2,6,9-10H2,1H3,(H,15,16). The molecule has 1 N–H and O–H groups in total. The summed E-state index contributed by atoms with van der Waals surface area (Å²) < 4.78 is 12.2. The molecule has 0 fully saturated rings. The van der Waals surface area contributed by atoms with E-state index in [1.807, 2.05) is 25.1 Å². The average Bonchev–Trinajstić information content (AvgIpc) is 2.31. The Kier molecular flexibility index (Phi) is 4.47. The van der Waals surface area contributed by atoms with Crippen molar-refractivity contribution in [2.24, 2.45) is 0 Å². The summed E-state index contributed by atoms with van der Waals surface area (Å²) in [4.78, 5) is 11.4. The third kappa shape index (κ3) is 2.40. The van der Waals surface area contributed by atoms with Crippen LogP contribution in [0.1, 0.15) is 31.7 Å². The first-order chi connectivity index (χ1) is 7.67. The minimum atomic E-state index is -0.937. The summed E-state index contributed by atoms with van der Waals surface area (Å²) in [5.74, 6) is -0.866. The van der Waals surface area contributed by atoms with Crippen LogP contribution in [0, 0.1) is 0 Å². The van der Waals surface area contributed by atoms with Gasteiger partial charge in [0.05, 0.1) is 12.1 Å². The van der Waals surface area contributed by atoms with Crippen molar-refractivity contribution in [3.63, 3.8) is 0 Å². The molecule has 1 aromatic carbocycles. The second-order valence-corrected chi connectivity index (χ2v) is 3.90. The first kappa shape index (κ1) is 12.7. The van der Waals surface area contributed by atoms with E-state index in [1.54, 1.807) is 12.1 Å². The van der Waals surface area contributed by atoms with E-state index in [-0.39, 0.29) is 6.42 Å². The lowest BCUT2D eigenvalue weighted by atomic mass is 9.74. The van der Waals surface area contributed by atoms with E-state index in [0.717, 1.165) is 5.56 Å². The maximum absolute atomic E-state index is 12.2. The Morgan fingerprint density at radius 3 is 2.44 bits per heavy atom. The van der Waals surface area contributed by atoms with Crippen molar-refractivity contribution in [2.45, 2.75) is 31.6 Å². The van der Waals surface area contributed by atoms with E-state index < -0.39 is 18.1 Å². The van der Waals surface area contributed by atoms with Gasteiger partial charge in [0.25, 0.3) is 0 Å². The van der Waals surface area contributed by atoms with Crippen LogP contribution in [0.5, 0.6) is 0 Å². The van der Waals surface area contributed by atoms with Crippen molar-refractivity contribution in [3.05, 3.63) is 35.9 Å². The largest absolute Gasteiger partial charge is 0.481 e. The van der Waals surface area contributed by atoms with Gasteiger partial charge in [-0.2, -0.15) is 0 Å². The maximum Gasteiger partial charge on any atom is 0.314 e. The predicted molar refractivity (Wildman–Crippen MR) is 61.3 cm³/mol. The second kappa shape index (κ2) is 5.64. The molecule has 0 saturated heterocycles. The van der Waals surface area contributed by atoms with Crippen LogP contribution < -0.4 is 0 Å². The normalized spacial score (nSPS) is 14.4. The van der Waals surface area contributed by atoms with Crippen LogP contribution in [0.3, 0.4) is 0 Å². The number of hydrogen-bond acceptors (Lipinski definition) is 1. The summed E-state index contributed by atoms with van der Waals surface area (Å²) >= 11 is 0. The van der Waals surface area contributed by atoms with Gasteiger partial charge in [-0.3, -0.25) is 9.18 Å². The average molecular weight is 224 g/mol. The highest BCUT2D eigenvalue weighted by Gasteiger charge is 2.37. The van der Waals surface area contributed by atoms with E-state index in [0.29, 0.717) is 12.8 Å². The van der Waals surface area contributed by atoms with E-state index in [4.69, 9.17) is 0 Å². The zero-order valence-electron chi connectivity index (χ0n) is 9.45. The van der Waals surface area contributed by atoms with Crippen LogP contribution in [-0.2, 0) is 10.2 Å². The molecule has 16 heavy (non-hydrogen) atoms. The molecule has 0 saturated carbocycles. The van der Waals surface area contributed by atoms with Crippen molar-refractivity contribution >= 4 is 5.97 Å². The molecule has 0 bridgehead atoms. The number of aliphatic carboxylic acids is 1. The van der Waals surface area contributed by atoms with E-state index in [1.165, 1.54) is 0 Å². The predicted octanol–water partition coefficient (Wildman–Crippen LogP) is 3.17. The molecule has 0 aliphatic carbocycles. The molecule has 0 heterocycles. The molecule has 1 atom stereocenters. The number of carboxylic acid groups (broad SMARTS) is 1. The third-order valence-corrected chi connectivity index (χ3v) is 3.08. The monoisotopic (exact) mass is 224 g/mol. The number of rotatable bonds is 6. The van der Waals surface area contributed by atoms with E-state index in [2.05, 4.69) is 0 Å². The lowest BCUT2D eigenvalue weighted by Gasteiger charge is -2.28. The van der Waals surface area contributed by atoms with Gasteiger partial charge in [0.1, 0.15) is 0 Å². The summed E-state index contributed by atoms with van der Waals surface area (Å²) in [6.07, 6.45) is 1.11. The molecular weight excluding hydrogens is 207 g/mol. The Bertz CT molecular complexity index is 337. The second-order valence-electron chi connectivity index (χ2n) is 3.90. The molecule has 0 aliphatic heterocycles. The number of carbonyl (C=O) groups is 1. The number of hydrogen-bond donors (Lipinski definition) is 1. The van der Waals surface area contributed by atoms with Crippen LogP contribution >= 0.6 is 0 Å². The van der Waals surface area contributed by atoms with Crippen molar-refractivity contribution in [1.82, 2.24) is 0 Å². The number of carboxylic acids is 1. The van der Waals surface area contributed by atoms with Crippen molar-refractivity contribution < 1.29 is 14.3 Å². The summed E-state index contributed by atoms with van der Waals surface area (Å²) in [6, 6.07) is 9.09. The lowest BCUT2D eigenvalue weighted by molar-refractivity contribution is -0.144. The maximum atomic E-state index is 12.2. The fourth-order valence-electron chi connectivity index (χ4n) is 2.03. The molecule has 0 aromatic heterocycles. The molecule has 0 aliphatic rings. The summed E-state index contributed by atoms with van der Waals surface area (Å²) in [7, 11) is 0. The molecule has 3 heteroatoms. The van der Waals surface area contributed by atoms with Crippen LogP contribution in [0.4, 0.5) is 4.39 Å². The van der Waals surface area contributed by atoms with Crippen LogP contribution in [0.25, 0.3) is 0 Å². The lowest BCUT2D eigenvalue weighted by Crippen LogP contribution is -2.35. The quantitative estimate of drug-likeness (QED) is 0.805. The molecule has 0 spiro atoms. The number of alkyl halides is 1. The van der Waals surface area contributed by atoms with Gasteiger partial charge in [0.2, 0.25) is 0 Å². The van der Waals surface area contributed by atoms with Gasteiger partial charge in [-0.05, 0) is 24.8 Å². The van der Waals surface area contributed by atoms with Crippen molar-refractivity contribution in [3.8, 4) is 0 Å². The zero-order valence-corrected chi connectivity index (χ0v) is 9.45. The highest BCUT2D eigenvalue weighted by Crippen LogP contribution is 2.33. The van der Waals surface area contributed by atoms with Gasteiger partial charge in [-0.1, -0.05) is 37.3 Å².